The van der Waals surface area contributed by atoms with Crippen molar-refractivity contribution in [3.63, 3.8) is 0 Å². The maximum absolute atomic E-state index is 5.41. The van der Waals surface area contributed by atoms with Crippen LogP contribution >= 0.6 is 0 Å². The molecule has 0 aromatic heterocycles. The fraction of sp³-hybridized carbons (Fsp3) is 1.00. The molecule has 1 nitrogen and oxygen atoms in total. The van der Waals surface area contributed by atoms with Gasteiger partial charge in [-0.3, -0.25) is 0 Å². The summed E-state index contributed by atoms with van der Waals surface area (Å²) in [6, 6.07) is 0. The number of hydrogen-bond donors (Lipinski definition) is 0. The molecule has 1 rings (SSSR count). The van der Waals surface area contributed by atoms with E-state index in [2.05, 4.69) is 13.8 Å². The molecule has 0 unspecified atom stereocenters. The van der Waals surface area contributed by atoms with E-state index in [-0.39, 0.29) is 5.60 Å². The highest BCUT2D eigenvalue weighted by atomic mass is 16.5. The zero-order valence-electron chi connectivity index (χ0n) is 9.42. The lowest BCUT2D eigenvalue weighted by Gasteiger charge is -2.49. The topological polar surface area (TPSA) is 9.23 Å². The van der Waals surface area contributed by atoms with E-state index >= 15 is 0 Å². The quantitative estimate of drug-likeness (QED) is 0.601. The second-order valence-corrected chi connectivity index (χ2v) is 5.31. The van der Waals surface area contributed by atoms with Gasteiger partial charge in [0, 0.05) is 0 Å². The summed E-state index contributed by atoms with van der Waals surface area (Å²) in [4.78, 5) is 0. The summed E-state index contributed by atoms with van der Waals surface area (Å²) in [5.41, 5.74) is -0.211. The Morgan fingerprint density at radius 3 is 2.21 bits per heavy atom. The Morgan fingerprint density at radius 2 is 1.86 bits per heavy atom. The molecule has 0 N–H and O–H groups in total. The Hall–Kier alpha value is 0.155. The average molecular weight is 186 g/mol. The second-order valence-electron chi connectivity index (χ2n) is 5.31. The van der Waals surface area contributed by atoms with Gasteiger partial charge in [-0.25, -0.2) is 0 Å². The van der Waals surface area contributed by atoms with Crippen LogP contribution in [0.3, 0.4) is 0 Å². The van der Waals surface area contributed by atoms with Gasteiger partial charge < -0.3 is 4.74 Å². The third-order valence-electron chi connectivity index (χ3n) is 2.67. The number of hydrogen-bond acceptors (Lipinski definition) is 1. The highest BCUT2D eigenvalue weighted by Gasteiger charge is 2.42. The van der Waals surface area contributed by atoms with Crippen LogP contribution in [0.5, 0.6) is 0 Å². The molecule has 1 fully saturated rings. The van der Waals surface area contributed by atoms with Crippen molar-refractivity contribution < 1.29 is 4.74 Å². The van der Waals surface area contributed by atoms with Gasteiger partial charge in [0.25, 0.3) is 0 Å². The fourth-order valence-electron chi connectivity index (χ4n) is 2.50. The van der Waals surface area contributed by atoms with Crippen LogP contribution in [-0.2, 0) is 4.74 Å². The van der Waals surface area contributed by atoms with Crippen LogP contribution < -0.4 is 0 Å². The van der Waals surface area contributed by atoms with Crippen molar-refractivity contribution in [2.45, 2.75) is 50.9 Å². The van der Waals surface area contributed by atoms with Gasteiger partial charge in [-0.1, -0.05) is 13.8 Å². The molecule has 0 spiro atoms. The number of ether oxygens (including phenoxy) is 1. The van der Waals surface area contributed by atoms with Crippen LogP contribution in [0, 0.1) is 11.8 Å². The first-order chi connectivity index (χ1) is 6.20. The van der Waals surface area contributed by atoms with Crippen LogP contribution in [0.4, 0.5) is 0 Å². The van der Waals surface area contributed by atoms with Gasteiger partial charge in [0.1, 0.15) is 0 Å². The molecule has 1 saturated carbocycles. The van der Waals surface area contributed by atoms with Gasteiger partial charge in [0.05, 0.1) is 29.1 Å². The standard InChI is InChI=1S/C10H17B3O/c1-7(2)4-8-5-9(3,6-8)14-10(11,12)13/h7-8H,4-6H2,1-3H3. The van der Waals surface area contributed by atoms with E-state index in [1.54, 1.807) is 0 Å². The van der Waals surface area contributed by atoms with E-state index < -0.39 is 5.30 Å². The van der Waals surface area contributed by atoms with Crippen molar-refractivity contribution in [2.24, 2.45) is 11.8 Å². The van der Waals surface area contributed by atoms with Gasteiger partial charge in [0.15, 0.2) is 0 Å². The highest BCUT2D eigenvalue weighted by molar-refractivity contribution is 6.58. The summed E-state index contributed by atoms with van der Waals surface area (Å²) in [5.74, 6) is 1.48. The van der Waals surface area contributed by atoms with Crippen LogP contribution in [0.15, 0.2) is 0 Å². The number of rotatable bonds is 4. The molecule has 0 atom stereocenters. The lowest BCUT2D eigenvalue weighted by Crippen LogP contribution is -2.51. The predicted molar refractivity (Wildman–Crippen MR) is 61.7 cm³/mol. The summed E-state index contributed by atoms with van der Waals surface area (Å²) in [7, 11) is 16.2. The third-order valence-corrected chi connectivity index (χ3v) is 2.67. The highest BCUT2D eigenvalue weighted by Crippen LogP contribution is 2.44. The molecule has 4 heteroatoms. The van der Waals surface area contributed by atoms with Crippen molar-refractivity contribution in [1.82, 2.24) is 0 Å². The van der Waals surface area contributed by atoms with E-state index in [1.807, 2.05) is 6.92 Å². The largest absolute Gasteiger partial charge is 0.397 e. The average Bonchev–Trinajstić information content (AvgIpc) is 1.76. The molecule has 1 aliphatic carbocycles. The first-order valence-electron chi connectivity index (χ1n) is 5.27. The molecule has 72 valence electrons. The smallest absolute Gasteiger partial charge is 0.0862 e. The zero-order valence-corrected chi connectivity index (χ0v) is 9.42. The minimum absolute atomic E-state index is 0.211. The maximum Gasteiger partial charge on any atom is 0.0862 e. The Balaban J connectivity index is 2.30. The summed E-state index contributed by atoms with van der Waals surface area (Å²) < 4.78 is 5.41. The molecule has 0 aromatic carbocycles. The molecule has 0 bridgehead atoms. The third kappa shape index (κ3) is 3.72. The first kappa shape index (κ1) is 12.2. The molecule has 0 amide bonds. The maximum atomic E-state index is 5.41. The summed E-state index contributed by atoms with van der Waals surface area (Å²) in [5, 5.41) is -1.49. The molecule has 0 aromatic rings. The van der Waals surface area contributed by atoms with Crippen LogP contribution in [0.2, 0.25) is 0 Å². The van der Waals surface area contributed by atoms with E-state index in [0.717, 1.165) is 24.7 Å². The lowest BCUT2D eigenvalue weighted by atomic mass is 9.51. The zero-order chi connectivity index (χ0) is 11.0. The Bertz CT molecular complexity index is 192. The van der Waals surface area contributed by atoms with E-state index in [1.165, 1.54) is 6.42 Å². The van der Waals surface area contributed by atoms with Gasteiger partial charge in [0.2, 0.25) is 0 Å². The van der Waals surface area contributed by atoms with Gasteiger partial charge >= 0.3 is 0 Å². The van der Waals surface area contributed by atoms with Crippen molar-refractivity contribution in [3.05, 3.63) is 0 Å². The van der Waals surface area contributed by atoms with Crippen molar-refractivity contribution in [2.75, 3.05) is 0 Å². The SMILES string of the molecule is [B]C([B])([B])OC1(C)CC(CC(C)C)C1. The van der Waals surface area contributed by atoms with Crippen LogP contribution in [0.25, 0.3) is 0 Å². The normalized spacial score (nSPS) is 33.0. The van der Waals surface area contributed by atoms with Gasteiger partial charge in [-0.05, 0) is 43.3 Å². The van der Waals surface area contributed by atoms with Crippen molar-refractivity contribution in [1.29, 1.82) is 0 Å². The molecule has 6 radical (unpaired) electrons. The molecular weight excluding hydrogens is 169 g/mol. The predicted octanol–water partition coefficient (Wildman–Crippen LogP) is 1.33. The van der Waals surface area contributed by atoms with Gasteiger partial charge in [-0.15, -0.1) is 0 Å². The minimum Gasteiger partial charge on any atom is -0.397 e. The Kier molecular flexibility index (Phi) is 3.46. The Labute approximate surface area is 91.6 Å². The molecule has 1 aliphatic rings. The van der Waals surface area contributed by atoms with Gasteiger partial charge in [-0.2, -0.15) is 0 Å². The second kappa shape index (κ2) is 3.96. The Morgan fingerprint density at radius 1 is 1.36 bits per heavy atom. The molecular formula is C10H17B3O. The minimum atomic E-state index is -1.49. The van der Waals surface area contributed by atoms with E-state index in [9.17, 15) is 0 Å². The fourth-order valence-corrected chi connectivity index (χ4v) is 2.50. The van der Waals surface area contributed by atoms with Crippen molar-refractivity contribution >= 4 is 23.5 Å². The first-order valence-corrected chi connectivity index (χ1v) is 5.27. The summed E-state index contributed by atoms with van der Waals surface area (Å²) in [6.45, 7) is 6.48. The van der Waals surface area contributed by atoms with E-state index in [4.69, 9.17) is 28.3 Å². The molecule has 0 saturated heterocycles. The molecule has 0 aliphatic heterocycles. The lowest BCUT2D eigenvalue weighted by molar-refractivity contribution is -0.124. The molecule has 0 heterocycles. The summed E-state index contributed by atoms with van der Waals surface area (Å²) in [6.07, 6.45) is 3.27. The monoisotopic (exact) mass is 186 g/mol. The van der Waals surface area contributed by atoms with Crippen LogP contribution in [-0.4, -0.2) is 34.4 Å². The summed E-state index contributed by atoms with van der Waals surface area (Å²) >= 11 is 0. The van der Waals surface area contributed by atoms with Crippen LogP contribution in [0.1, 0.15) is 40.0 Å². The van der Waals surface area contributed by atoms with E-state index in [0.29, 0.717) is 0 Å². The molecule has 14 heavy (non-hydrogen) atoms. The van der Waals surface area contributed by atoms with Crippen molar-refractivity contribution in [3.8, 4) is 0 Å².